The summed E-state index contributed by atoms with van der Waals surface area (Å²) in [7, 11) is 0. The first-order chi connectivity index (χ1) is 14.3. The second kappa shape index (κ2) is 9.53. The van der Waals surface area contributed by atoms with E-state index in [0.29, 0.717) is 24.9 Å². The molecule has 0 saturated carbocycles. The van der Waals surface area contributed by atoms with Gasteiger partial charge in [-0.2, -0.15) is 0 Å². The lowest BCUT2D eigenvalue weighted by molar-refractivity contribution is -0.118. The highest BCUT2D eigenvalue weighted by molar-refractivity contribution is 7.99. The SMILES string of the molecule is O=C(CSc1nnc(N2CCOCC2)n1-c1ccccc1)NCc1ccccn1. The Kier molecular flexibility index (Phi) is 6.38. The van der Waals surface area contributed by atoms with Crippen molar-refractivity contribution in [2.24, 2.45) is 0 Å². The zero-order chi connectivity index (χ0) is 19.9. The van der Waals surface area contributed by atoms with Crippen LogP contribution in [0.15, 0.2) is 59.9 Å². The van der Waals surface area contributed by atoms with Gasteiger partial charge in [-0.25, -0.2) is 0 Å². The number of morpholine rings is 1. The van der Waals surface area contributed by atoms with E-state index in [-0.39, 0.29) is 11.7 Å². The van der Waals surface area contributed by atoms with Crippen molar-refractivity contribution < 1.29 is 9.53 Å². The minimum Gasteiger partial charge on any atom is -0.378 e. The van der Waals surface area contributed by atoms with Crippen LogP contribution in [0.3, 0.4) is 0 Å². The molecule has 1 aromatic carbocycles. The van der Waals surface area contributed by atoms with Crippen LogP contribution >= 0.6 is 11.8 Å². The first-order valence-corrected chi connectivity index (χ1v) is 10.4. The third-order valence-electron chi connectivity index (χ3n) is 4.45. The molecule has 0 spiro atoms. The number of rotatable bonds is 7. The molecule has 1 fully saturated rings. The number of ether oxygens (including phenoxy) is 1. The minimum absolute atomic E-state index is 0.0730. The molecule has 3 aromatic rings. The summed E-state index contributed by atoms with van der Waals surface area (Å²) in [5.74, 6) is 0.952. The van der Waals surface area contributed by atoms with Gasteiger partial charge in [0.25, 0.3) is 0 Å². The number of nitrogens with one attached hydrogen (secondary N) is 1. The van der Waals surface area contributed by atoms with E-state index in [2.05, 4.69) is 25.4 Å². The molecule has 1 amide bonds. The largest absolute Gasteiger partial charge is 0.378 e. The van der Waals surface area contributed by atoms with Gasteiger partial charge in [0.05, 0.1) is 36.9 Å². The van der Waals surface area contributed by atoms with Crippen LogP contribution in [0.25, 0.3) is 5.69 Å². The van der Waals surface area contributed by atoms with E-state index < -0.39 is 0 Å². The lowest BCUT2D eigenvalue weighted by atomic mass is 10.3. The molecule has 0 atom stereocenters. The molecule has 29 heavy (non-hydrogen) atoms. The first kappa shape index (κ1) is 19.4. The predicted molar refractivity (Wildman–Crippen MR) is 111 cm³/mol. The van der Waals surface area contributed by atoms with Gasteiger partial charge < -0.3 is 15.0 Å². The standard InChI is InChI=1S/C20H22N6O2S/c27-18(22-14-16-6-4-5-9-21-16)15-29-20-24-23-19(25-10-12-28-13-11-25)26(20)17-7-2-1-3-8-17/h1-9H,10-15H2,(H,22,27). The number of carbonyl (C=O) groups is 1. The summed E-state index contributed by atoms with van der Waals surface area (Å²) < 4.78 is 7.46. The molecule has 1 N–H and O–H groups in total. The number of hydrogen-bond acceptors (Lipinski definition) is 7. The molecule has 4 rings (SSSR count). The number of nitrogens with zero attached hydrogens (tertiary/aromatic N) is 5. The van der Waals surface area contributed by atoms with Gasteiger partial charge in [-0.05, 0) is 24.3 Å². The van der Waals surface area contributed by atoms with Gasteiger partial charge in [0.2, 0.25) is 11.9 Å². The average molecular weight is 411 g/mol. The van der Waals surface area contributed by atoms with Crippen LogP contribution in [0.5, 0.6) is 0 Å². The Balaban J connectivity index is 1.46. The zero-order valence-corrected chi connectivity index (χ0v) is 16.7. The van der Waals surface area contributed by atoms with E-state index >= 15 is 0 Å². The van der Waals surface area contributed by atoms with Crippen LogP contribution in [0.1, 0.15) is 5.69 Å². The summed E-state index contributed by atoms with van der Waals surface area (Å²) in [6.07, 6.45) is 1.71. The Morgan fingerprint density at radius 1 is 1.07 bits per heavy atom. The van der Waals surface area contributed by atoms with Crippen molar-refractivity contribution in [1.29, 1.82) is 0 Å². The molecule has 1 aliphatic rings. The minimum atomic E-state index is -0.0730. The molecule has 8 nitrogen and oxygen atoms in total. The molecular weight excluding hydrogens is 388 g/mol. The number of thioether (sulfide) groups is 1. The monoisotopic (exact) mass is 410 g/mol. The van der Waals surface area contributed by atoms with Gasteiger partial charge in [-0.3, -0.25) is 14.3 Å². The quantitative estimate of drug-likeness (QED) is 0.596. The predicted octanol–water partition coefficient (Wildman–Crippen LogP) is 1.91. The van der Waals surface area contributed by atoms with Crippen molar-refractivity contribution in [1.82, 2.24) is 25.1 Å². The van der Waals surface area contributed by atoms with Gasteiger partial charge in [-0.15, -0.1) is 10.2 Å². The second-order valence-corrected chi connectivity index (χ2v) is 7.38. The first-order valence-electron chi connectivity index (χ1n) is 9.44. The number of anilines is 1. The van der Waals surface area contributed by atoms with Gasteiger partial charge in [0.15, 0.2) is 5.16 Å². The third-order valence-corrected chi connectivity index (χ3v) is 5.38. The van der Waals surface area contributed by atoms with Gasteiger partial charge in [0.1, 0.15) is 0 Å². The number of amides is 1. The van der Waals surface area contributed by atoms with Gasteiger partial charge in [0, 0.05) is 19.3 Å². The Labute approximate surface area is 173 Å². The molecule has 0 unspecified atom stereocenters. The fraction of sp³-hybridized carbons (Fsp3) is 0.300. The summed E-state index contributed by atoms with van der Waals surface area (Å²) in [6.45, 7) is 3.27. The maximum Gasteiger partial charge on any atom is 0.232 e. The Bertz CT molecular complexity index is 929. The maximum atomic E-state index is 12.3. The normalized spacial score (nSPS) is 14.0. The molecule has 150 valence electrons. The molecular formula is C20H22N6O2S. The van der Waals surface area contributed by atoms with Gasteiger partial charge >= 0.3 is 0 Å². The molecule has 0 aliphatic carbocycles. The summed E-state index contributed by atoms with van der Waals surface area (Å²) >= 11 is 1.37. The fourth-order valence-corrected chi connectivity index (χ4v) is 3.78. The summed E-state index contributed by atoms with van der Waals surface area (Å²) in [5.41, 5.74) is 1.79. The van der Waals surface area contributed by atoms with Crippen molar-refractivity contribution in [3.8, 4) is 5.69 Å². The number of aromatic nitrogens is 4. The lowest BCUT2D eigenvalue weighted by Crippen LogP contribution is -2.37. The van der Waals surface area contributed by atoms with Crippen molar-refractivity contribution in [3.63, 3.8) is 0 Å². The van der Waals surface area contributed by atoms with Crippen LogP contribution in [0.4, 0.5) is 5.95 Å². The lowest BCUT2D eigenvalue weighted by Gasteiger charge is -2.27. The van der Waals surface area contributed by atoms with Crippen molar-refractivity contribution in [2.45, 2.75) is 11.7 Å². The summed E-state index contributed by atoms with van der Waals surface area (Å²) in [4.78, 5) is 18.7. The van der Waals surface area contributed by atoms with Crippen LogP contribution < -0.4 is 10.2 Å². The van der Waals surface area contributed by atoms with E-state index in [9.17, 15) is 4.79 Å². The van der Waals surface area contributed by atoms with E-state index in [1.54, 1.807) is 6.20 Å². The van der Waals surface area contributed by atoms with E-state index in [0.717, 1.165) is 30.4 Å². The fourth-order valence-electron chi connectivity index (χ4n) is 3.00. The smallest absolute Gasteiger partial charge is 0.232 e. The van der Waals surface area contributed by atoms with Crippen LogP contribution in [-0.2, 0) is 16.1 Å². The number of hydrogen-bond donors (Lipinski definition) is 1. The highest BCUT2D eigenvalue weighted by atomic mass is 32.2. The van der Waals surface area contributed by atoms with Crippen LogP contribution in [0, 0.1) is 0 Å². The van der Waals surface area contributed by atoms with Gasteiger partial charge in [-0.1, -0.05) is 36.0 Å². The Morgan fingerprint density at radius 3 is 2.62 bits per heavy atom. The number of carbonyl (C=O) groups excluding carboxylic acids is 1. The highest BCUT2D eigenvalue weighted by Crippen LogP contribution is 2.27. The Hall–Kier alpha value is -2.91. The van der Waals surface area contributed by atoms with Crippen molar-refractivity contribution in [2.75, 3.05) is 37.0 Å². The summed E-state index contributed by atoms with van der Waals surface area (Å²) in [6, 6.07) is 15.6. The highest BCUT2D eigenvalue weighted by Gasteiger charge is 2.22. The molecule has 0 bridgehead atoms. The number of benzene rings is 1. The van der Waals surface area contributed by atoms with E-state index in [4.69, 9.17) is 4.74 Å². The van der Waals surface area contributed by atoms with Crippen LogP contribution in [0.2, 0.25) is 0 Å². The Morgan fingerprint density at radius 2 is 1.86 bits per heavy atom. The molecule has 9 heteroatoms. The van der Waals surface area contributed by atoms with Crippen LogP contribution in [-0.4, -0.2) is 57.7 Å². The average Bonchev–Trinajstić information content (AvgIpc) is 3.22. The van der Waals surface area contributed by atoms with E-state index in [1.165, 1.54) is 11.8 Å². The number of para-hydroxylation sites is 1. The summed E-state index contributed by atoms with van der Waals surface area (Å²) in [5, 5.41) is 12.3. The second-order valence-electron chi connectivity index (χ2n) is 6.44. The molecule has 2 aromatic heterocycles. The maximum absolute atomic E-state index is 12.3. The zero-order valence-electron chi connectivity index (χ0n) is 15.9. The number of pyridine rings is 1. The topological polar surface area (TPSA) is 85.2 Å². The molecule has 1 saturated heterocycles. The third kappa shape index (κ3) is 4.93. The van der Waals surface area contributed by atoms with Crippen molar-refractivity contribution in [3.05, 3.63) is 60.4 Å². The molecule has 1 aliphatic heterocycles. The molecule has 3 heterocycles. The molecule has 0 radical (unpaired) electrons. The van der Waals surface area contributed by atoms with Crippen molar-refractivity contribution >= 4 is 23.6 Å². The van der Waals surface area contributed by atoms with E-state index in [1.807, 2.05) is 53.1 Å².